The molecule has 0 radical (unpaired) electrons. The average Bonchev–Trinajstić information content (AvgIpc) is 4.03. The van der Waals surface area contributed by atoms with E-state index in [1.54, 1.807) is 11.3 Å². The minimum Gasteiger partial charge on any atom is -0.456 e. The highest BCUT2D eigenvalue weighted by Crippen LogP contribution is 2.44. The predicted molar refractivity (Wildman–Crippen MR) is 262 cm³/mol. The normalized spacial score (nSPS) is 11.8. The zero-order chi connectivity index (χ0) is 41.4. The van der Waals surface area contributed by atoms with Gasteiger partial charge in [-0.25, -0.2) is 15.0 Å². The second kappa shape index (κ2) is 14.2. The van der Waals surface area contributed by atoms with Gasteiger partial charge in [0.2, 0.25) is 0 Å². The molecule has 0 fully saturated rings. The van der Waals surface area contributed by atoms with E-state index in [9.17, 15) is 0 Å². The summed E-state index contributed by atoms with van der Waals surface area (Å²) in [5.41, 5.74) is 12.3. The Kier molecular flexibility index (Phi) is 8.01. The molecule has 0 bridgehead atoms. The van der Waals surface area contributed by atoms with Crippen LogP contribution in [0.2, 0.25) is 0 Å². The van der Waals surface area contributed by atoms with Gasteiger partial charge in [0.1, 0.15) is 11.2 Å². The maximum atomic E-state index is 6.70. The van der Waals surface area contributed by atoms with Crippen molar-refractivity contribution in [1.29, 1.82) is 0 Å². The number of hydrogen-bond acceptors (Lipinski definition) is 5. The van der Waals surface area contributed by atoms with Crippen LogP contribution in [0.4, 0.5) is 0 Å². The summed E-state index contributed by atoms with van der Waals surface area (Å²) in [6.45, 7) is 0. The van der Waals surface area contributed by atoms with Crippen molar-refractivity contribution in [2.75, 3.05) is 0 Å². The van der Waals surface area contributed by atoms with E-state index in [0.717, 1.165) is 71.9 Å². The van der Waals surface area contributed by atoms with Gasteiger partial charge in [-0.2, -0.15) is 0 Å². The molecule has 0 spiro atoms. The van der Waals surface area contributed by atoms with E-state index in [2.05, 4.69) is 180 Å². The fourth-order valence-corrected chi connectivity index (χ4v) is 10.5. The molecule has 0 atom stereocenters. The number of rotatable bonds is 6. The second-order valence-corrected chi connectivity index (χ2v) is 17.0. The molecule has 5 nitrogen and oxygen atoms in total. The third kappa shape index (κ3) is 5.80. The van der Waals surface area contributed by atoms with Crippen molar-refractivity contribution < 1.29 is 4.42 Å². The lowest BCUT2D eigenvalue weighted by atomic mass is 9.95. The van der Waals surface area contributed by atoms with E-state index < -0.39 is 0 Å². The van der Waals surface area contributed by atoms with Crippen molar-refractivity contribution in [3.8, 4) is 62.1 Å². The summed E-state index contributed by atoms with van der Waals surface area (Å²) in [7, 11) is 0. The summed E-state index contributed by atoms with van der Waals surface area (Å²) in [5, 5.41) is 6.82. The van der Waals surface area contributed by atoms with Gasteiger partial charge in [-0.3, -0.25) is 0 Å². The Morgan fingerprint density at radius 1 is 0.349 bits per heavy atom. The maximum Gasteiger partial charge on any atom is 0.164 e. The highest BCUT2D eigenvalue weighted by molar-refractivity contribution is 7.25. The van der Waals surface area contributed by atoms with Gasteiger partial charge in [0.05, 0.1) is 11.0 Å². The number of thiophene rings is 1. The third-order valence-corrected chi connectivity index (χ3v) is 13.4. The fraction of sp³-hybridized carbons (Fsp3) is 0. The highest BCUT2D eigenvalue weighted by atomic mass is 32.1. The van der Waals surface area contributed by atoms with Gasteiger partial charge in [-0.15, -0.1) is 11.3 Å². The van der Waals surface area contributed by atoms with Gasteiger partial charge in [-0.05, 0) is 82.9 Å². The van der Waals surface area contributed by atoms with Gasteiger partial charge in [0.15, 0.2) is 17.5 Å². The molecule has 13 aromatic rings. The summed E-state index contributed by atoms with van der Waals surface area (Å²) in [6, 6.07) is 72.7. The first-order valence-corrected chi connectivity index (χ1v) is 21.9. The number of aromatic nitrogens is 4. The number of fused-ring (bicyclic) bond motifs is 9. The van der Waals surface area contributed by atoms with Crippen LogP contribution in [0.3, 0.4) is 0 Å². The first kappa shape index (κ1) is 35.6. The quantitative estimate of drug-likeness (QED) is 0.168. The summed E-state index contributed by atoms with van der Waals surface area (Å²) in [6.07, 6.45) is 0. The van der Waals surface area contributed by atoms with Crippen LogP contribution >= 0.6 is 11.3 Å². The molecule has 0 aliphatic heterocycles. The molecule has 4 heterocycles. The molecular weight excluding hydrogens is 789 g/mol. The molecule has 0 saturated carbocycles. The summed E-state index contributed by atoms with van der Waals surface area (Å²) >= 11 is 1.79. The molecule has 4 aromatic heterocycles. The van der Waals surface area contributed by atoms with Crippen LogP contribution in [0, 0.1) is 0 Å². The first-order chi connectivity index (χ1) is 31.2. The van der Waals surface area contributed by atoms with E-state index >= 15 is 0 Å². The van der Waals surface area contributed by atoms with E-state index in [1.165, 1.54) is 36.7 Å². The minimum absolute atomic E-state index is 0.578. The van der Waals surface area contributed by atoms with Gasteiger partial charge in [-0.1, -0.05) is 146 Å². The van der Waals surface area contributed by atoms with Crippen molar-refractivity contribution in [3.63, 3.8) is 0 Å². The molecule has 0 aliphatic rings. The molecule has 13 rings (SSSR count). The van der Waals surface area contributed by atoms with Crippen molar-refractivity contribution in [2.45, 2.75) is 0 Å². The van der Waals surface area contributed by atoms with Crippen molar-refractivity contribution >= 4 is 75.3 Å². The molecule has 0 aliphatic carbocycles. The van der Waals surface area contributed by atoms with Gasteiger partial charge < -0.3 is 8.98 Å². The molecular formula is C57H34N4OS. The first-order valence-electron chi connectivity index (χ1n) is 21.1. The number of benzene rings is 9. The van der Waals surface area contributed by atoms with Crippen LogP contribution in [-0.2, 0) is 0 Å². The largest absolute Gasteiger partial charge is 0.456 e. The summed E-state index contributed by atoms with van der Waals surface area (Å²) in [4.78, 5) is 15.7. The molecule has 0 unspecified atom stereocenters. The molecule has 63 heavy (non-hydrogen) atoms. The van der Waals surface area contributed by atoms with E-state index in [-0.39, 0.29) is 0 Å². The Labute approximate surface area is 365 Å². The lowest BCUT2D eigenvalue weighted by Crippen LogP contribution is -2.00. The van der Waals surface area contributed by atoms with Gasteiger partial charge in [0.25, 0.3) is 0 Å². The van der Waals surface area contributed by atoms with Gasteiger partial charge >= 0.3 is 0 Å². The molecule has 0 saturated heterocycles. The number of nitrogens with zero attached hydrogens (tertiary/aromatic N) is 4. The minimum atomic E-state index is 0.578. The Hall–Kier alpha value is -8.19. The lowest BCUT2D eigenvalue weighted by molar-refractivity contribution is 0.669. The monoisotopic (exact) mass is 822 g/mol. The number of furan rings is 1. The maximum absolute atomic E-state index is 6.70. The van der Waals surface area contributed by atoms with Crippen LogP contribution in [0.15, 0.2) is 211 Å². The molecule has 9 aromatic carbocycles. The number of hydrogen-bond donors (Lipinski definition) is 0. The Morgan fingerprint density at radius 3 is 1.84 bits per heavy atom. The fourth-order valence-electron chi connectivity index (χ4n) is 9.37. The second-order valence-electron chi connectivity index (χ2n) is 15.9. The summed E-state index contributed by atoms with van der Waals surface area (Å²) in [5.74, 6) is 1.82. The van der Waals surface area contributed by atoms with E-state index in [0.29, 0.717) is 17.5 Å². The van der Waals surface area contributed by atoms with Gasteiger partial charge in [0, 0.05) is 64.1 Å². The Bertz CT molecular complexity index is 3910. The zero-order valence-electron chi connectivity index (χ0n) is 33.7. The van der Waals surface area contributed by atoms with Crippen molar-refractivity contribution in [2.24, 2.45) is 0 Å². The summed E-state index contributed by atoms with van der Waals surface area (Å²) < 4.78 is 11.5. The average molecular weight is 823 g/mol. The molecule has 6 heteroatoms. The lowest BCUT2D eigenvalue weighted by Gasteiger charge is -2.12. The van der Waals surface area contributed by atoms with Crippen molar-refractivity contribution in [1.82, 2.24) is 19.5 Å². The molecule has 0 N–H and O–H groups in total. The van der Waals surface area contributed by atoms with Crippen molar-refractivity contribution in [3.05, 3.63) is 206 Å². The Morgan fingerprint density at radius 2 is 1.02 bits per heavy atom. The van der Waals surface area contributed by atoms with E-state index in [4.69, 9.17) is 19.4 Å². The number of para-hydroxylation sites is 2. The third-order valence-electron chi connectivity index (χ3n) is 12.2. The Balaban J connectivity index is 1.06. The smallest absolute Gasteiger partial charge is 0.164 e. The molecule has 294 valence electrons. The highest BCUT2D eigenvalue weighted by Gasteiger charge is 2.22. The predicted octanol–water partition coefficient (Wildman–Crippen LogP) is 15.6. The molecule has 0 amide bonds. The topological polar surface area (TPSA) is 56.7 Å². The van der Waals surface area contributed by atoms with Crippen LogP contribution in [-0.4, -0.2) is 19.5 Å². The van der Waals surface area contributed by atoms with Crippen LogP contribution < -0.4 is 0 Å². The standard InChI is InChI=1S/C57H34N4OS/c1-4-15-35(16-5-1)37-27-29-41-46-31-38(28-30-47(46)61(48(41)33-37)40-19-8-3-9-20-40)45-32-39(34-50-53(45)42-21-10-12-24-49(42)62-50)56-58-55(36-17-6-2-7-18-36)59-57(60-56)44-23-14-26-52-54(44)43-22-11-13-25-51(43)63-52/h1-34H. The zero-order valence-corrected chi connectivity index (χ0v) is 34.6. The van der Waals surface area contributed by atoms with E-state index in [1.807, 2.05) is 30.3 Å². The van der Waals surface area contributed by atoms with Crippen LogP contribution in [0.25, 0.3) is 126 Å². The SMILES string of the molecule is c1ccc(-c2ccc3c4cc(-c5cc(-c6nc(-c7ccccc7)nc(-c7cccc8sc9ccccc9c78)n6)cc6oc7ccccc7c56)ccc4n(-c4ccccc4)c3c2)cc1. The van der Waals surface area contributed by atoms with Crippen LogP contribution in [0.5, 0.6) is 0 Å². The van der Waals surface area contributed by atoms with Crippen LogP contribution in [0.1, 0.15) is 0 Å².